The monoisotopic (exact) mass is 506 g/mol. The minimum Gasteiger partial charge on any atom is -0.478 e. The van der Waals surface area contributed by atoms with Crippen molar-refractivity contribution >= 4 is 51.0 Å². The first-order chi connectivity index (χ1) is 14.5. The largest absolute Gasteiger partial charge is 0.478 e. The van der Waals surface area contributed by atoms with E-state index in [2.05, 4.69) is 26.6 Å². The predicted molar refractivity (Wildman–Crippen MR) is 118 cm³/mol. The number of rotatable bonds is 4. The number of aliphatic carboxylic acids is 1. The number of benzene rings is 2. The van der Waals surface area contributed by atoms with Crippen molar-refractivity contribution in [3.63, 3.8) is 0 Å². The molecule has 0 radical (unpaired) electrons. The zero-order chi connectivity index (χ0) is 22.6. The van der Waals surface area contributed by atoms with Gasteiger partial charge in [-0.25, -0.2) is 4.79 Å². The van der Waals surface area contributed by atoms with Crippen LogP contribution in [0.25, 0.3) is 0 Å². The Hall–Kier alpha value is -2.58. The predicted octanol–water partition coefficient (Wildman–Crippen LogP) is 4.19. The second kappa shape index (κ2) is 7.53. The van der Waals surface area contributed by atoms with Crippen LogP contribution in [0, 0.1) is 0 Å². The van der Waals surface area contributed by atoms with Crippen LogP contribution >= 0.6 is 27.5 Å². The van der Waals surface area contributed by atoms with Crippen molar-refractivity contribution in [3.8, 4) is 5.75 Å². The molecular weight excluding hydrogens is 488 g/mol. The number of carbonyl (C=O) groups is 3. The van der Waals surface area contributed by atoms with Crippen molar-refractivity contribution < 1.29 is 24.2 Å². The third-order valence-electron chi connectivity index (χ3n) is 5.82. The van der Waals surface area contributed by atoms with Gasteiger partial charge in [0.1, 0.15) is 11.2 Å². The minimum absolute atomic E-state index is 0.177. The van der Waals surface area contributed by atoms with Gasteiger partial charge in [0, 0.05) is 27.2 Å². The van der Waals surface area contributed by atoms with Crippen LogP contribution in [-0.4, -0.2) is 28.5 Å². The van der Waals surface area contributed by atoms with Crippen molar-refractivity contribution in [2.45, 2.75) is 43.7 Å². The molecule has 1 spiro atoms. The van der Waals surface area contributed by atoms with E-state index in [9.17, 15) is 19.5 Å². The van der Waals surface area contributed by atoms with Crippen LogP contribution in [-0.2, 0) is 19.8 Å². The van der Waals surface area contributed by atoms with Gasteiger partial charge in [-0.1, -0.05) is 33.6 Å². The molecule has 7 nitrogen and oxygen atoms in total. The zero-order valence-electron chi connectivity index (χ0n) is 16.8. The average Bonchev–Trinajstić information content (AvgIpc) is 2.96. The lowest BCUT2D eigenvalue weighted by Crippen LogP contribution is -2.52. The van der Waals surface area contributed by atoms with Crippen LogP contribution in [0.1, 0.15) is 43.9 Å². The quantitative estimate of drug-likeness (QED) is 0.576. The molecule has 1 fully saturated rings. The Morgan fingerprint density at radius 3 is 2.71 bits per heavy atom. The first-order valence-corrected chi connectivity index (χ1v) is 10.8. The molecule has 4 rings (SSSR count). The SMILES string of the molecule is CC(C)(Oc1ccc(Br)cc1[C@H]1NC(=O)CCC12C(=O)Nc1cc(Cl)ccc12)C(=O)O. The second-order valence-electron chi connectivity index (χ2n) is 8.22. The number of ether oxygens (including phenoxy) is 1. The van der Waals surface area contributed by atoms with E-state index in [4.69, 9.17) is 16.3 Å². The molecule has 3 N–H and O–H groups in total. The number of carbonyl (C=O) groups excluding carboxylic acids is 2. The Morgan fingerprint density at radius 1 is 1.26 bits per heavy atom. The van der Waals surface area contributed by atoms with Crippen molar-refractivity contribution in [2.24, 2.45) is 0 Å². The van der Waals surface area contributed by atoms with E-state index in [0.29, 0.717) is 20.7 Å². The highest BCUT2D eigenvalue weighted by molar-refractivity contribution is 9.10. The average molecular weight is 508 g/mol. The molecule has 0 aromatic heterocycles. The summed E-state index contributed by atoms with van der Waals surface area (Å²) in [6.45, 7) is 2.88. The molecule has 162 valence electrons. The molecule has 2 atom stereocenters. The van der Waals surface area contributed by atoms with Gasteiger partial charge in [0.15, 0.2) is 5.60 Å². The van der Waals surface area contributed by atoms with Crippen LogP contribution < -0.4 is 15.4 Å². The maximum absolute atomic E-state index is 13.3. The molecule has 2 aromatic rings. The number of carboxylic acid groups (broad SMARTS) is 1. The lowest BCUT2D eigenvalue weighted by Gasteiger charge is -2.41. The van der Waals surface area contributed by atoms with Gasteiger partial charge in [-0.3, -0.25) is 9.59 Å². The summed E-state index contributed by atoms with van der Waals surface area (Å²) < 4.78 is 6.56. The van der Waals surface area contributed by atoms with Crippen molar-refractivity contribution in [3.05, 3.63) is 57.0 Å². The molecule has 1 saturated heterocycles. The summed E-state index contributed by atoms with van der Waals surface area (Å²) in [5.74, 6) is -1.31. The highest BCUT2D eigenvalue weighted by atomic mass is 79.9. The maximum Gasteiger partial charge on any atom is 0.347 e. The Kier molecular flexibility index (Phi) is 5.26. The van der Waals surface area contributed by atoms with Gasteiger partial charge in [-0.2, -0.15) is 0 Å². The van der Waals surface area contributed by atoms with Crippen LogP contribution in [0.2, 0.25) is 5.02 Å². The Balaban J connectivity index is 1.90. The summed E-state index contributed by atoms with van der Waals surface area (Å²) in [5.41, 5.74) is -0.760. The highest BCUT2D eigenvalue weighted by Crippen LogP contribution is 2.53. The number of hydrogen-bond acceptors (Lipinski definition) is 4. The highest BCUT2D eigenvalue weighted by Gasteiger charge is 2.56. The van der Waals surface area contributed by atoms with Crippen molar-refractivity contribution in [2.75, 3.05) is 5.32 Å². The zero-order valence-corrected chi connectivity index (χ0v) is 19.1. The number of hydrogen-bond donors (Lipinski definition) is 3. The number of fused-ring (bicyclic) bond motifs is 2. The van der Waals surface area contributed by atoms with Crippen LogP contribution in [0.5, 0.6) is 5.75 Å². The molecule has 1 unspecified atom stereocenters. The van der Waals surface area contributed by atoms with Crippen LogP contribution in [0.3, 0.4) is 0 Å². The molecule has 2 amide bonds. The van der Waals surface area contributed by atoms with Crippen molar-refractivity contribution in [1.29, 1.82) is 0 Å². The first-order valence-electron chi connectivity index (χ1n) is 9.67. The number of piperidine rings is 1. The molecule has 0 aliphatic carbocycles. The molecule has 31 heavy (non-hydrogen) atoms. The summed E-state index contributed by atoms with van der Waals surface area (Å²) in [6.07, 6.45) is 0.467. The van der Waals surface area contributed by atoms with E-state index in [1.54, 1.807) is 36.4 Å². The molecule has 2 aliphatic heterocycles. The summed E-state index contributed by atoms with van der Waals surface area (Å²) in [4.78, 5) is 37.4. The lowest BCUT2D eigenvalue weighted by molar-refractivity contribution is -0.152. The van der Waals surface area contributed by atoms with Gasteiger partial charge in [0.25, 0.3) is 0 Å². The number of halogens is 2. The van der Waals surface area contributed by atoms with Gasteiger partial charge in [0.05, 0.1) is 6.04 Å². The normalized spacial score (nSPS) is 22.6. The molecular formula is C22H20BrClN2O5. The minimum atomic E-state index is -1.52. The van der Waals surface area contributed by atoms with E-state index in [1.165, 1.54) is 13.8 Å². The van der Waals surface area contributed by atoms with Gasteiger partial charge < -0.3 is 20.5 Å². The molecule has 0 saturated carbocycles. The smallest absolute Gasteiger partial charge is 0.347 e. The van der Waals surface area contributed by atoms with E-state index in [0.717, 1.165) is 5.56 Å². The Morgan fingerprint density at radius 2 is 2.00 bits per heavy atom. The van der Waals surface area contributed by atoms with Gasteiger partial charge in [0.2, 0.25) is 11.8 Å². The number of amides is 2. The topological polar surface area (TPSA) is 105 Å². The van der Waals surface area contributed by atoms with E-state index in [1.807, 2.05) is 0 Å². The third-order valence-corrected chi connectivity index (χ3v) is 6.55. The summed E-state index contributed by atoms with van der Waals surface area (Å²) in [7, 11) is 0. The van der Waals surface area contributed by atoms with E-state index >= 15 is 0 Å². The van der Waals surface area contributed by atoms with Gasteiger partial charge in [-0.15, -0.1) is 0 Å². The fraction of sp³-hybridized carbons (Fsp3) is 0.318. The second-order valence-corrected chi connectivity index (χ2v) is 9.57. The fourth-order valence-corrected chi connectivity index (χ4v) is 4.76. The molecule has 2 heterocycles. The van der Waals surface area contributed by atoms with E-state index < -0.39 is 23.0 Å². The van der Waals surface area contributed by atoms with Crippen molar-refractivity contribution in [1.82, 2.24) is 5.32 Å². The number of nitrogens with one attached hydrogen (secondary N) is 2. The Bertz CT molecular complexity index is 1120. The molecule has 2 aliphatic rings. The standard InChI is InChI=1S/C22H20BrClN2O5/c1-21(2,20(29)30)31-16-6-3-11(23)9-13(16)18-22(8-7-17(27)26-18)14-5-4-12(24)10-15(14)25-19(22)28/h3-6,9-10,18H,7-8H2,1-2H3,(H,25,28)(H,26,27)(H,29,30)/t18-,22?/m1/s1. The Labute approximate surface area is 192 Å². The fourth-order valence-electron chi connectivity index (χ4n) is 4.21. The van der Waals surface area contributed by atoms with Gasteiger partial charge >= 0.3 is 5.97 Å². The summed E-state index contributed by atoms with van der Waals surface area (Å²) in [5, 5.41) is 15.9. The maximum atomic E-state index is 13.3. The van der Waals surface area contributed by atoms with Gasteiger partial charge in [-0.05, 0) is 56.2 Å². The molecule has 0 bridgehead atoms. The van der Waals surface area contributed by atoms with Crippen LogP contribution in [0.15, 0.2) is 40.9 Å². The summed E-state index contributed by atoms with van der Waals surface area (Å²) >= 11 is 9.56. The number of anilines is 1. The van der Waals surface area contributed by atoms with E-state index in [-0.39, 0.29) is 30.4 Å². The molecule has 2 aromatic carbocycles. The van der Waals surface area contributed by atoms with Crippen LogP contribution in [0.4, 0.5) is 5.69 Å². The third kappa shape index (κ3) is 3.57. The summed E-state index contributed by atoms with van der Waals surface area (Å²) in [6, 6.07) is 9.51. The number of carboxylic acids is 1. The first kappa shape index (κ1) is 21.6. The lowest BCUT2D eigenvalue weighted by atomic mass is 9.67. The molecule has 9 heteroatoms.